The molecule has 0 bridgehead atoms. The van der Waals surface area contributed by atoms with Gasteiger partial charge in [-0.1, -0.05) is 19.9 Å². The van der Waals surface area contributed by atoms with Gasteiger partial charge >= 0.3 is 12.2 Å². The molecular formula is C25H39NO5S. The number of amides is 1. The van der Waals surface area contributed by atoms with Crippen molar-refractivity contribution in [3.8, 4) is 5.75 Å². The molecule has 1 aromatic rings. The normalized spacial score (nSPS) is 20.2. The predicted molar refractivity (Wildman–Crippen MR) is 130 cm³/mol. The van der Waals surface area contributed by atoms with Crippen molar-refractivity contribution < 1.29 is 23.8 Å². The van der Waals surface area contributed by atoms with E-state index in [4.69, 9.17) is 14.2 Å². The molecule has 6 nitrogen and oxygen atoms in total. The van der Waals surface area contributed by atoms with E-state index >= 15 is 0 Å². The van der Waals surface area contributed by atoms with E-state index in [0.29, 0.717) is 5.75 Å². The fourth-order valence-corrected chi connectivity index (χ4v) is 5.39. The van der Waals surface area contributed by atoms with E-state index in [9.17, 15) is 9.59 Å². The third-order valence-electron chi connectivity index (χ3n) is 5.83. The average Bonchev–Trinajstić information content (AvgIpc) is 2.65. The van der Waals surface area contributed by atoms with Gasteiger partial charge in [0.1, 0.15) is 17.0 Å². The first-order chi connectivity index (χ1) is 14.7. The molecule has 2 unspecified atom stereocenters. The smallest absolute Gasteiger partial charge is 0.444 e. The maximum absolute atomic E-state index is 12.7. The van der Waals surface area contributed by atoms with Crippen molar-refractivity contribution in [2.45, 2.75) is 103 Å². The predicted octanol–water partition coefficient (Wildman–Crippen LogP) is 6.24. The van der Waals surface area contributed by atoms with Crippen LogP contribution in [-0.2, 0) is 21.3 Å². The molecular weight excluding hydrogens is 426 g/mol. The Labute approximate surface area is 197 Å². The Morgan fingerprint density at radius 2 is 1.66 bits per heavy atom. The van der Waals surface area contributed by atoms with E-state index in [2.05, 4.69) is 25.4 Å². The molecule has 0 fully saturated rings. The van der Waals surface area contributed by atoms with E-state index in [0.717, 1.165) is 24.8 Å². The molecule has 0 radical (unpaired) electrons. The van der Waals surface area contributed by atoms with Crippen LogP contribution >= 0.6 is 11.8 Å². The Morgan fingerprint density at radius 1 is 1.06 bits per heavy atom. The highest BCUT2D eigenvalue weighted by molar-refractivity contribution is 7.99. The van der Waals surface area contributed by atoms with Gasteiger partial charge in [0.2, 0.25) is 0 Å². The molecule has 1 N–H and O–H groups in total. The second-order valence-corrected chi connectivity index (χ2v) is 11.4. The molecule has 2 rings (SSSR count). The fraction of sp³-hybridized carbons (Fsp3) is 0.680. The maximum atomic E-state index is 12.7. The molecule has 1 aliphatic rings. The van der Waals surface area contributed by atoms with Crippen LogP contribution in [0.2, 0.25) is 0 Å². The minimum atomic E-state index is -0.725. The minimum Gasteiger partial charge on any atom is -0.444 e. The molecule has 7 heteroatoms. The van der Waals surface area contributed by atoms with E-state index in [1.165, 1.54) is 5.56 Å². The van der Waals surface area contributed by atoms with Gasteiger partial charge in [0.25, 0.3) is 0 Å². The van der Waals surface area contributed by atoms with Crippen LogP contribution in [0.25, 0.3) is 0 Å². The van der Waals surface area contributed by atoms with Crippen LogP contribution in [-0.4, -0.2) is 41.0 Å². The second-order valence-electron chi connectivity index (χ2n) is 10.4. The monoisotopic (exact) mass is 465 g/mol. The van der Waals surface area contributed by atoms with E-state index < -0.39 is 23.5 Å². The fourth-order valence-electron chi connectivity index (χ4n) is 4.44. The molecule has 0 spiro atoms. The molecule has 0 aliphatic heterocycles. The summed E-state index contributed by atoms with van der Waals surface area (Å²) in [6.45, 7) is 15.3. The van der Waals surface area contributed by atoms with Crippen LogP contribution < -0.4 is 10.1 Å². The Bertz CT molecular complexity index is 821. The van der Waals surface area contributed by atoms with Crippen molar-refractivity contribution >= 4 is 24.0 Å². The zero-order chi connectivity index (χ0) is 24.3. The first-order valence-corrected chi connectivity index (χ1v) is 12.6. The third-order valence-corrected chi connectivity index (χ3v) is 6.88. The highest BCUT2D eigenvalue weighted by Crippen LogP contribution is 2.46. The Balaban J connectivity index is 2.43. The molecule has 32 heavy (non-hydrogen) atoms. The molecule has 0 aromatic heterocycles. The second kappa shape index (κ2) is 9.94. The number of thioether (sulfide) groups is 1. The number of ether oxygens (including phenoxy) is 3. The zero-order valence-corrected chi connectivity index (χ0v) is 21.8. The van der Waals surface area contributed by atoms with Gasteiger partial charge in [-0.25, -0.2) is 9.59 Å². The number of benzene rings is 1. The molecule has 180 valence electrons. The van der Waals surface area contributed by atoms with Gasteiger partial charge in [-0.15, -0.1) is 0 Å². The van der Waals surface area contributed by atoms with Crippen LogP contribution in [0.15, 0.2) is 18.2 Å². The summed E-state index contributed by atoms with van der Waals surface area (Å²) < 4.78 is 16.4. The topological polar surface area (TPSA) is 73.9 Å². The summed E-state index contributed by atoms with van der Waals surface area (Å²) in [6, 6.07) is 5.67. The lowest BCUT2D eigenvalue weighted by Gasteiger charge is -2.48. The highest BCUT2D eigenvalue weighted by Gasteiger charge is 2.47. The largest absolute Gasteiger partial charge is 0.514 e. The van der Waals surface area contributed by atoms with Gasteiger partial charge in [0.15, 0.2) is 0 Å². The van der Waals surface area contributed by atoms with Gasteiger partial charge in [-0.05, 0) is 90.3 Å². The number of carbonyl (C=O) groups is 2. The summed E-state index contributed by atoms with van der Waals surface area (Å²) in [5, 5.41) is 3.39. The maximum Gasteiger partial charge on any atom is 0.514 e. The quantitative estimate of drug-likeness (QED) is 0.410. The first kappa shape index (κ1) is 26.4. The van der Waals surface area contributed by atoms with E-state index in [1.807, 2.05) is 39.0 Å². The summed E-state index contributed by atoms with van der Waals surface area (Å²) in [4.78, 5) is 25.0. The SMILES string of the molecule is CCC1(CC)c2cc(OC(=O)OC(C)(C)C)ccc2CC(SC)C1NC(=O)OC(C)(C)C. The van der Waals surface area contributed by atoms with Gasteiger partial charge in [0, 0.05) is 10.7 Å². The van der Waals surface area contributed by atoms with Crippen LogP contribution in [0.5, 0.6) is 5.75 Å². The minimum absolute atomic E-state index is 0.119. The molecule has 0 saturated carbocycles. The number of hydrogen-bond donors (Lipinski definition) is 1. The van der Waals surface area contributed by atoms with Crippen molar-refractivity contribution in [1.29, 1.82) is 0 Å². The summed E-state index contributed by atoms with van der Waals surface area (Å²) in [5.41, 5.74) is 0.810. The van der Waals surface area contributed by atoms with Crippen molar-refractivity contribution in [2.24, 2.45) is 0 Å². The number of carbonyl (C=O) groups excluding carboxylic acids is 2. The highest BCUT2D eigenvalue weighted by atomic mass is 32.2. The molecule has 1 amide bonds. The van der Waals surface area contributed by atoms with Crippen molar-refractivity contribution in [1.82, 2.24) is 5.32 Å². The summed E-state index contributed by atoms with van der Waals surface area (Å²) in [5.74, 6) is 0.447. The Morgan fingerprint density at radius 3 is 2.16 bits per heavy atom. The number of fused-ring (bicyclic) bond motifs is 1. The van der Waals surface area contributed by atoms with Crippen LogP contribution in [0, 0.1) is 0 Å². The molecule has 1 aromatic carbocycles. The first-order valence-electron chi connectivity index (χ1n) is 11.3. The number of rotatable bonds is 5. The molecule has 2 atom stereocenters. The van der Waals surface area contributed by atoms with Crippen molar-refractivity contribution in [3.63, 3.8) is 0 Å². The van der Waals surface area contributed by atoms with E-state index in [1.54, 1.807) is 32.5 Å². The lowest BCUT2D eigenvalue weighted by Crippen LogP contribution is -2.59. The number of nitrogens with one attached hydrogen (secondary N) is 1. The number of hydrogen-bond acceptors (Lipinski definition) is 6. The lowest BCUT2D eigenvalue weighted by atomic mass is 9.63. The zero-order valence-electron chi connectivity index (χ0n) is 21.0. The van der Waals surface area contributed by atoms with E-state index in [-0.39, 0.29) is 16.7 Å². The summed E-state index contributed by atoms with van der Waals surface area (Å²) in [6.07, 6.45) is 3.41. The van der Waals surface area contributed by atoms with Crippen LogP contribution in [0.4, 0.5) is 9.59 Å². The standard InChI is InChI=1S/C25H39NO5S/c1-10-25(11-2)18-15-17(29-22(28)31-24(6,7)8)13-12-16(18)14-19(32-9)20(25)26-21(27)30-23(3,4)5/h12-13,15,19-20H,10-11,14H2,1-9H3,(H,26,27). The van der Waals surface area contributed by atoms with Crippen LogP contribution in [0.3, 0.4) is 0 Å². The third kappa shape index (κ3) is 6.33. The summed E-state index contributed by atoms with van der Waals surface area (Å²) >= 11 is 1.76. The molecule has 0 heterocycles. The Kier molecular flexibility index (Phi) is 8.19. The number of alkyl carbamates (subject to hydrolysis) is 1. The summed E-state index contributed by atoms with van der Waals surface area (Å²) in [7, 11) is 0. The van der Waals surface area contributed by atoms with Crippen molar-refractivity contribution in [2.75, 3.05) is 6.26 Å². The average molecular weight is 466 g/mol. The lowest BCUT2D eigenvalue weighted by molar-refractivity contribution is 0.0205. The molecule has 0 saturated heterocycles. The Hall–Kier alpha value is -1.89. The van der Waals surface area contributed by atoms with Crippen LogP contribution in [0.1, 0.15) is 79.4 Å². The van der Waals surface area contributed by atoms with Gasteiger partial charge in [-0.2, -0.15) is 11.8 Å². The van der Waals surface area contributed by atoms with Gasteiger partial charge in [0.05, 0.1) is 6.04 Å². The van der Waals surface area contributed by atoms with Crippen molar-refractivity contribution in [3.05, 3.63) is 29.3 Å². The van der Waals surface area contributed by atoms with Gasteiger partial charge in [-0.3, -0.25) is 0 Å². The van der Waals surface area contributed by atoms with Gasteiger partial charge < -0.3 is 19.5 Å². The molecule has 1 aliphatic carbocycles.